The van der Waals surface area contributed by atoms with Crippen LogP contribution in [0.4, 0.5) is 0 Å². The van der Waals surface area contributed by atoms with Crippen molar-refractivity contribution in [2.24, 2.45) is 5.92 Å². The molecule has 1 atom stereocenters. The number of likely N-dealkylation sites (tertiary alicyclic amines) is 1. The second kappa shape index (κ2) is 8.79. The van der Waals surface area contributed by atoms with Gasteiger partial charge in [-0.1, -0.05) is 36.4 Å². The van der Waals surface area contributed by atoms with E-state index in [1.807, 2.05) is 6.07 Å². The molecule has 1 aliphatic rings. The predicted octanol–water partition coefficient (Wildman–Crippen LogP) is 5.13. The summed E-state index contributed by atoms with van der Waals surface area (Å²) in [5.41, 5.74) is 2.46. The molecular weight excluding hydrogens is 398 g/mol. The zero-order chi connectivity index (χ0) is 17.6. The van der Waals surface area contributed by atoms with Gasteiger partial charge >= 0.3 is 5.97 Å². The number of piperidine rings is 1. The lowest BCUT2D eigenvalue weighted by Crippen LogP contribution is -2.39. The Bertz CT molecular complexity index is 741. The van der Waals surface area contributed by atoms with Gasteiger partial charge in [0.1, 0.15) is 0 Å². The van der Waals surface area contributed by atoms with E-state index in [4.69, 9.17) is 0 Å². The number of carbonyl (C=O) groups is 1. The number of aliphatic carboxylic acids is 1. The molecule has 0 aliphatic carbocycles. The Kier molecular flexibility index (Phi) is 6.45. The van der Waals surface area contributed by atoms with Crippen molar-refractivity contribution in [2.75, 3.05) is 19.6 Å². The van der Waals surface area contributed by atoms with Gasteiger partial charge in [-0.2, -0.15) is 0 Å². The standard InChI is InChI=1S/C20H22BrNO2S/c21-18-10-13-25-19(18)17(15-6-2-1-3-7-15)9-5-12-22-11-4-8-16(14-22)20(23)24/h1-3,6-7,9-10,13,16H,4-5,8,11-12,14H2,(H,23,24)/b17-9+. The van der Waals surface area contributed by atoms with Gasteiger partial charge in [-0.05, 0) is 64.3 Å². The zero-order valence-electron chi connectivity index (χ0n) is 14.0. The van der Waals surface area contributed by atoms with Gasteiger partial charge in [0.15, 0.2) is 0 Å². The van der Waals surface area contributed by atoms with Gasteiger partial charge in [-0.15, -0.1) is 11.3 Å². The molecule has 0 radical (unpaired) electrons. The minimum atomic E-state index is -0.660. The van der Waals surface area contributed by atoms with Crippen LogP contribution in [0.2, 0.25) is 0 Å². The highest BCUT2D eigenvalue weighted by Crippen LogP contribution is 2.34. The van der Waals surface area contributed by atoms with Crippen molar-refractivity contribution in [3.8, 4) is 0 Å². The fraction of sp³-hybridized carbons (Fsp3) is 0.350. The maximum absolute atomic E-state index is 11.2. The first-order valence-corrected chi connectivity index (χ1v) is 10.3. The minimum Gasteiger partial charge on any atom is -0.481 e. The first kappa shape index (κ1) is 18.4. The van der Waals surface area contributed by atoms with E-state index in [9.17, 15) is 9.90 Å². The Balaban J connectivity index is 1.72. The Morgan fingerprint density at radius 1 is 1.32 bits per heavy atom. The zero-order valence-corrected chi connectivity index (χ0v) is 16.4. The number of carboxylic acids is 1. The van der Waals surface area contributed by atoms with E-state index in [0.29, 0.717) is 6.54 Å². The second-order valence-corrected chi connectivity index (χ2v) is 8.12. The van der Waals surface area contributed by atoms with Crippen LogP contribution < -0.4 is 0 Å². The number of hydrogen-bond donors (Lipinski definition) is 1. The number of halogens is 1. The van der Waals surface area contributed by atoms with Gasteiger partial charge in [-0.3, -0.25) is 4.79 Å². The molecule has 132 valence electrons. The van der Waals surface area contributed by atoms with Gasteiger partial charge in [0.05, 0.1) is 5.92 Å². The van der Waals surface area contributed by atoms with Gasteiger partial charge in [0.25, 0.3) is 0 Å². The Labute approximate surface area is 161 Å². The summed E-state index contributed by atoms with van der Waals surface area (Å²) in [6.45, 7) is 2.58. The molecule has 5 heteroatoms. The SMILES string of the molecule is O=C(O)C1CCCN(CC/C=C(\c2ccccc2)c2sccc2Br)C1. The topological polar surface area (TPSA) is 40.5 Å². The number of rotatable bonds is 6. The van der Waals surface area contributed by atoms with Crippen LogP contribution in [-0.2, 0) is 4.79 Å². The molecule has 0 amide bonds. The summed E-state index contributed by atoms with van der Waals surface area (Å²) < 4.78 is 1.12. The molecule has 0 saturated carbocycles. The van der Waals surface area contributed by atoms with Crippen LogP contribution in [0.25, 0.3) is 5.57 Å². The second-order valence-electron chi connectivity index (χ2n) is 6.35. The summed E-state index contributed by atoms with van der Waals surface area (Å²) >= 11 is 5.39. The molecule has 1 unspecified atom stereocenters. The van der Waals surface area contributed by atoms with E-state index in [0.717, 1.165) is 36.8 Å². The average molecular weight is 420 g/mol. The maximum atomic E-state index is 11.2. The van der Waals surface area contributed by atoms with Gasteiger partial charge < -0.3 is 10.0 Å². The quantitative estimate of drug-likeness (QED) is 0.705. The smallest absolute Gasteiger partial charge is 0.307 e. The third kappa shape index (κ3) is 4.81. The average Bonchev–Trinajstić information content (AvgIpc) is 3.05. The van der Waals surface area contributed by atoms with E-state index < -0.39 is 5.97 Å². The Morgan fingerprint density at radius 2 is 2.12 bits per heavy atom. The largest absolute Gasteiger partial charge is 0.481 e. The molecule has 1 aromatic heterocycles. The summed E-state index contributed by atoms with van der Waals surface area (Å²) in [6, 6.07) is 12.5. The van der Waals surface area contributed by atoms with Gasteiger partial charge in [0.2, 0.25) is 0 Å². The summed E-state index contributed by atoms with van der Waals surface area (Å²) in [4.78, 5) is 14.7. The van der Waals surface area contributed by atoms with Crippen molar-refractivity contribution in [3.05, 3.63) is 62.8 Å². The van der Waals surface area contributed by atoms with Gasteiger partial charge in [-0.25, -0.2) is 0 Å². The molecule has 1 saturated heterocycles. The Morgan fingerprint density at radius 3 is 2.80 bits per heavy atom. The van der Waals surface area contributed by atoms with Crippen LogP contribution in [0.5, 0.6) is 0 Å². The first-order chi connectivity index (χ1) is 12.1. The van der Waals surface area contributed by atoms with Crippen LogP contribution in [-0.4, -0.2) is 35.6 Å². The highest BCUT2D eigenvalue weighted by molar-refractivity contribution is 9.10. The van der Waals surface area contributed by atoms with Crippen molar-refractivity contribution in [2.45, 2.75) is 19.3 Å². The molecule has 1 aliphatic heterocycles. The minimum absolute atomic E-state index is 0.210. The van der Waals surface area contributed by atoms with Crippen molar-refractivity contribution in [3.63, 3.8) is 0 Å². The number of hydrogen-bond acceptors (Lipinski definition) is 3. The maximum Gasteiger partial charge on any atom is 0.307 e. The molecule has 1 aromatic carbocycles. The first-order valence-electron chi connectivity index (χ1n) is 8.59. The summed E-state index contributed by atoms with van der Waals surface area (Å²) in [5, 5.41) is 11.3. The fourth-order valence-corrected chi connectivity index (χ4v) is 4.95. The molecular formula is C20H22BrNO2S. The van der Waals surface area contributed by atoms with Gasteiger partial charge in [0, 0.05) is 22.4 Å². The van der Waals surface area contributed by atoms with Crippen LogP contribution in [0.1, 0.15) is 29.7 Å². The monoisotopic (exact) mass is 419 g/mol. The molecule has 25 heavy (non-hydrogen) atoms. The van der Waals surface area contributed by atoms with Crippen LogP contribution in [0, 0.1) is 5.92 Å². The third-order valence-electron chi connectivity index (χ3n) is 4.60. The summed E-state index contributed by atoms with van der Waals surface area (Å²) in [6.07, 6.45) is 4.99. The van der Waals surface area contributed by atoms with E-state index in [-0.39, 0.29) is 5.92 Å². The molecule has 0 bridgehead atoms. The molecule has 3 rings (SSSR count). The molecule has 1 N–H and O–H groups in total. The normalized spacial score (nSPS) is 19.1. The lowest BCUT2D eigenvalue weighted by molar-refractivity contribution is -0.143. The van der Waals surface area contributed by atoms with E-state index in [1.165, 1.54) is 16.0 Å². The third-order valence-corrected chi connectivity index (χ3v) is 6.47. The highest BCUT2D eigenvalue weighted by atomic mass is 79.9. The number of benzene rings is 1. The molecule has 2 aromatic rings. The molecule has 0 spiro atoms. The molecule has 1 fully saturated rings. The predicted molar refractivity (Wildman–Crippen MR) is 107 cm³/mol. The van der Waals surface area contributed by atoms with Crippen LogP contribution >= 0.6 is 27.3 Å². The summed E-state index contributed by atoms with van der Waals surface area (Å²) in [7, 11) is 0. The van der Waals surface area contributed by atoms with Crippen molar-refractivity contribution >= 4 is 38.8 Å². The molecule has 3 nitrogen and oxygen atoms in total. The fourth-order valence-electron chi connectivity index (χ4n) is 3.30. The van der Waals surface area contributed by atoms with Crippen molar-refractivity contribution in [1.29, 1.82) is 0 Å². The lowest BCUT2D eigenvalue weighted by Gasteiger charge is -2.30. The van der Waals surface area contributed by atoms with E-state index in [2.05, 4.69) is 62.6 Å². The summed E-state index contributed by atoms with van der Waals surface area (Å²) in [5.74, 6) is -0.870. The number of carboxylic acid groups (broad SMARTS) is 1. The lowest BCUT2D eigenvalue weighted by atomic mass is 9.98. The number of thiophene rings is 1. The van der Waals surface area contributed by atoms with Crippen molar-refractivity contribution < 1.29 is 9.90 Å². The van der Waals surface area contributed by atoms with Crippen molar-refractivity contribution in [1.82, 2.24) is 4.90 Å². The Hall–Kier alpha value is -1.43. The highest BCUT2D eigenvalue weighted by Gasteiger charge is 2.24. The number of nitrogens with zero attached hydrogens (tertiary/aromatic N) is 1. The van der Waals surface area contributed by atoms with E-state index >= 15 is 0 Å². The van der Waals surface area contributed by atoms with Crippen LogP contribution in [0.3, 0.4) is 0 Å². The molecule has 2 heterocycles. The van der Waals surface area contributed by atoms with E-state index in [1.54, 1.807) is 11.3 Å². The van der Waals surface area contributed by atoms with Crippen LogP contribution in [0.15, 0.2) is 52.3 Å².